The van der Waals surface area contributed by atoms with E-state index in [9.17, 15) is 9.90 Å². The third-order valence-corrected chi connectivity index (χ3v) is 4.03. The molecule has 0 unspecified atom stereocenters. The second-order valence-electron chi connectivity index (χ2n) is 5.70. The van der Waals surface area contributed by atoms with Gasteiger partial charge in [0.05, 0.1) is 24.6 Å². The summed E-state index contributed by atoms with van der Waals surface area (Å²) in [7, 11) is 0. The lowest BCUT2D eigenvalue weighted by atomic mass is 10.1. The third kappa shape index (κ3) is 3.87. The van der Waals surface area contributed by atoms with Gasteiger partial charge in [0.1, 0.15) is 5.75 Å². The van der Waals surface area contributed by atoms with Crippen LogP contribution in [-0.2, 0) is 6.61 Å². The number of amides is 1. The fourth-order valence-corrected chi connectivity index (χ4v) is 2.78. The molecule has 120 valence electrons. The monoisotopic (exact) mass is 312 g/mol. The first-order chi connectivity index (χ1) is 11.3. The van der Waals surface area contributed by atoms with Gasteiger partial charge >= 0.3 is 0 Å². The molecule has 5 heteroatoms. The highest BCUT2D eigenvalue weighted by Gasteiger charge is 2.17. The Bertz CT molecular complexity index is 681. The van der Waals surface area contributed by atoms with Crippen molar-refractivity contribution < 1.29 is 14.6 Å². The first kappa shape index (κ1) is 15.5. The Labute approximate surface area is 135 Å². The second-order valence-corrected chi connectivity index (χ2v) is 5.70. The fourth-order valence-electron chi connectivity index (χ4n) is 2.78. The number of pyridine rings is 1. The van der Waals surface area contributed by atoms with E-state index in [0.29, 0.717) is 16.8 Å². The van der Waals surface area contributed by atoms with Gasteiger partial charge in [-0.1, -0.05) is 6.07 Å². The molecule has 2 aromatic rings. The van der Waals surface area contributed by atoms with Gasteiger partial charge < -0.3 is 15.2 Å². The number of anilines is 1. The van der Waals surface area contributed by atoms with Crippen molar-refractivity contribution >= 4 is 11.6 Å². The van der Waals surface area contributed by atoms with Crippen LogP contribution in [-0.4, -0.2) is 22.1 Å². The van der Waals surface area contributed by atoms with Gasteiger partial charge in [0.2, 0.25) is 0 Å². The number of aliphatic hydroxyl groups excluding tert-OH is 1. The summed E-state index contributed by atoms with van der Waals surface area (Å²) in [6.07, 6.45) is 7.93. The second kappa shape index (κ2) is 7.24. The highest BCUT2D eigenvalue weighted by atomic mass is 16.5. The number of hydrogen-bond donors (Lipinski definition) is 2. The van der Waals surface area contributed by atoms with E-state index in [-0.39, 0.29) is 18.6 Å². The van der Waals surface area contributed by atoms with E-state index < -0.39 is 0 Å². The van der Waals surface area contributed by atoms with E-state index in [1.807, 2.05) is 12.1 Å². The Balaban J connectivity index is 1.71. The number of hydrogen-bond acceptors (Lipinski definition) is 4. The zero-order valence-corrected chi connectivity index (χ0v) is 12.9. The van der Waals surface area contributed by atoms with Crippen molar-refractivity contribution in [2.75, 3.05) is 5.32 Å². The molecule has 23 heavy (non-hydrogen) atoms. The Morgan fingerprint density at radius 1 is 1.30 bits per heavy atom. The molecular formula is C18H20N2O3. The summed E-state index contributed by atoms with van der Waals surface area (Å²) in [4.78, 5) is 16.4. The van der Waals surface area contributed by atoms with Crippen LogP contribution in [0.1, 0.15) is 41.6 Å². The van der Waals surface area contributed by atoms with Gasteiger partial charge in [0.25, 0.3) is 5.91 Å². The van der Waals surface area contributed by atoms with Crippen molar-refractivity contribution in [2.45, 2.75) is 38.4 Å². The maximum absolute atomic E-state index is 12.4. The molecule has 1 aliphatic carbocycles. The molecule has 0 spiro atoms. The van der Waals surface area contributed by atoms with Gasteiger partial charge in [-0.15, -0.1) is 0 Å². The average molecular weight is 312 g/mol. The molecule has 0 atom stereocenters. The lowest BCUT2D eigenvalue weighted by molar-refractivity contribution is 0.102. The van der Waals surface area contributed by atoms with Crippen LogP contribution < -0.4 is 10.1 Å². The summed E-state index contributed by atoms with van der Waals surface area (Å²) >= 11 is 0. The van der Waals surface area contributed by atoms with Crippen LogP contribution in [0.15, 0.2) is 42.7 Å². The standard InChI is InChI=1S/C18H20N2O3/c21-12-14-8-9-19-11-17(14)20-18(22)13-4-3-7-16(10-13)23-15-5-1-2-6-15/h3-4,7-11,15,21H,1-2,5-6,12H2,(H,20,22). The average Bonchev–Trinajstić information content (AvgIpc) is 3.08. The van der Waals surface area contributed by atoms with Crippen molar-refractivity contribution in [3.8, 4) is 5.75 Å². The Kier molecular flexibility index (Phi) is 4.88. The predicted molar refractivity (Wildman–Crippen MR) is 87.4 cm³/mol. The summed E-state index contributed by atoms with van der Waals surface area (Å²) < 4.78 is 5.93. The summed E-state index contributed by atoms with van der Waals surface area (Å²) in [5, 5.41) is 12.1. The molecule has 0 bridgehead atoms. The lowest BCUT2D eigenvalue weighted by Crippen LogP contribution is -2.15. The molecule has 1 fully saturated rings. The molecule has 1 aliphatic rings. The normalized spacial score (nSPS) is 14.7. The number of benzene rings is 1. The number of carbonyl (C=O) groups is 1. The maximum atomic E-state index is 12.4. The van der Waals surface area contributed by atoms with Crippen molar-refractivity contribution in [3.63, 3.8) is 0 Å². The van der Waals surface area contributed by atoms with E-state index in [0.717, 1.165) is 18.6 Å². The number of carbonyl (C=O) groups excluding carboxylic acids is 1. The third-order valence-electron chi connectivity index (χ3n) is 4.03. The van der Waals surface area contributed by atoms with Crippen LogP contribution in [0, 0.1) is 0 Å². The largest absolute Gasteiger partial charge is 0.490 e. The van der Waals surface area contributed by atoms with Crippen molar-refractivity contribution in [2.24, 2.45) is 0 Å². The van der Waals surface area contributed by atoms with Crippen LogP contribution in [0.3, 0.4) is 0 Å². The first-order valence-electron chi connectivity index (χ1n) is 7.88. The summed E-state index contributed by atoms with van der Waals surface area (Å²) in [6, 6.07) is 8.86. The molecule has 0 saturated heterocycles. The van der Waals surface area contributed by atoms with Crippen LogP contribution in [0.5, 0.6) is 5.75 Å². The van der Waals surface area contributed by atoms with Crippen LogP contribution in [0.25, 0.3) is 0 Å². The lowest BCUT2D eigenvalue weighted by Gasteiger charge is -2.14. The highest BCUT2D eigenvalue weighted by Crippen LogP contribution is 2.25. The number of ether oxygens (including phenoxy) is 1. The van der Waals surface area contributed by atoms with Crippen molar-refractivity contribution in [1.29, 1.82) is 0 Å². The molecule has 1 aromatic heterocycles. The molecule has 1 saturated carbocycles. The Hall–Kier alpha value is -2.40. The van der Waals surface area contributed by atoms with Crippen LogP contribution in [0.4, 0.5) is 5.69 Å². The van der Waals surface area contributed by atoms with Crippen LogP contribution in [0.2, 0.25) is 0 Å². The van der Waals surface area contributed by atoms with E-state index in [2.05, 4.69) is 10.3 Å². The number of aliphatic hydroxyl groups is 1. The zero-order chi connectivity index (χ0) is 16.1. The van der Waals surface area contributed by atoms with E-state index >= 15 is 0 Å². The molecule has 5 nitrogen and oxygen atoms in total. The molecule has 1 heterocycles. The van der Waals surface area contributed by atoms with Gasteiger partial charge in [0, 0.05) is 17.3 Å². The number of rotatable bonds is 5. The molecule has 2 N–H and O–H groups in total. The molecule has 1 amide bonds. The van der Waals surface area contributed by atoms with Gasteiger partial charge in [-0.25, -0.2) is 0 Å². The van der Waals surface area contributed by atoms with Gasteiger partial charge in [0.15, 0.2) is 0 Å². The summed E-state index contributed by atoms with van der Waals surface area (Å²) in [6.45, 7) is -0.150. The smallest absolute Gasteiger partial charge is 0.255 e. The van der Waals surface area contributed by atoms with E-state index in [1.54, 1.807) is 24.4 Å². The van der Waals surface area contributed by atoms with Gasteiger partial charge in [-0.2, -0.15) is 0 Å². The maximum Gasteiger partial charge on any atom is 0.255 e. The molecule has 3 rings (SSSR count). The first-order valence-corrected chi connectivity index (χ1v) is 7.88. The number of aromatic nitrogens is 1. The van der Waals surface area contributed by atoms with Gasteiger partial charge in [-0.05, 0) is 49.9 Å². The van der Waals surface area contributed by atoms with Gasteiger partial charge in [-0.3, -0.25) is 9.78 Å². The quantitative estimate of drug-likeness (QED) is 0.889. The number of nitrogens with zero attached hydrogens (tertiary/aromatic N) is 1. The molecule has 0 aliphatic heterocycles. The molecule has 0 radical (unpaired) electrons. The van der Waals surface area contributed by atoms with E-state index in [4.69, 9.17) is 4.74 Å². The molecular weight excluding hydrogens is 292 g/mol. The SMILES string of the molecule is O=C(Nc1cnccc1CO)c1cccc(OC2CCCC2)c1. The minimum absolute atomic E-state index is 0.150. The Morgan fingerprint density at radius 2 is 2.13 bits per heavy atom. The van der Waals surface area contributed by atoms with E-state index in [1.165, 1.54) is 19.0 Å². The fraction of sp³-hybridized carbons (Fsp3) is 0.333. The topological polar surface area (TPSA) is 71.5 Å². The highest BCUT2D eigenvalue weighted by molar-refractivity contribution is 6.04. The van der Waals surface area contributed by atoms with Crippen LogP contribution >= 0.6 is 0 Å². The Morgan fingerprint density at radius 3 is 2.91 bits per heavy atom. The predicted octanol–water partition coefficient (Wildman–Crippen LogP) is 3.15. The zero-order valence-electron chi connectivity index (χ0n) is 12.9. The summed E-state index contributed by atoms with van der Waals surface area (Å²) in [5.74, 6) is 0.475. The molecule has 1 aromatic carbocycles. The van der Waals surface area contributed by atoms with Crippen molar-refractivity contribution in [1.82, 2.24) is 4.98 Å². The number of nitrogens with one attached hydrogen (secondary N) is 1. The minimum atomic E-state index is -0.246. The summed E-state index contributed by atoms with van der Waals surface area (Å²) in [5.41, 5.74) is 1.67. The minimum Gasteiger partial charge on any atom is -0.490 e. The van der Waals surface area contributed by atoms with Crippen molar-refractivity contribution in [3.05, 3.63) is 53.9 Å².